The molecular weight excluding hydrogens is 214 g/mol. The molecule has 0 atom stereocenters. The Balaban J connectivity index is 2.07. The average Bonchev–Trinajstić information content (AvgIpc) is 2.71. The quantitative estimate of drug-likeness (QED) is 0.712. The predicted molar refractivity (Wildman–Crippen MR) is 51.0 cm³/mol. The highest BCUT2D eigenvalue weighted by Gasteiger charge is 2.27. The van der Waals surface area contributed by atoms with Crippen molar-refractivity contribution in [3.8, 4) is 0 Å². The van der Waals surface area contributed by atoms with Gasteiger partial charge in [-0.1, -0.05) is 0 Å². The lowest BCUT2D eigenvalue weighted by Gasteiger charge is -2.23. The molecule has 1 N–H and O–H groups in total. The normalized spacial score (nSPS) is 16.9. The molecule has 6 nitrogen and oxygen atoms in total. The van der Waals surface area contributed by atoms with E-state index in [1.165, 1.54) is 0 Å². The zero-order valence-electron chi connectivity index (χ0n) is 8.51. The van der Waals surface area contributed by atoms with Crippen LogP contribution in [0.1, 0.15) is 11.5 Å². The molecule has 1 saturated heterocycles. The minimum absolute atomic E-state index is 0.0840. The third-order valence-electron chi connectivity index (χ3n) is 2.24. The van der Waals surface area contributed by atoms with Crippen molar-refractivity contribution in [2.75, 3.05) is 13.2 Å². The van der Waals surface area contributed by atoms with E-state index in [2.05, 4.69) is 0 Å². The molecule has 0 unspecified atom stereocenters. The van der Waals surface area contributed by atoms with Gasteiger partial charge in [0.2, 0.25) is 0 Å². The second-order valence-electron chi connectivity index (χ2n) is 3.39. The number of furan rings is 1. The topological polar surface area (TPSA) is 80.0 Å². The van der Waals surface area contributed by atoms with Gasteiger partial charge < -0.3 is 14.3 Å². The average molecular weight is 225 g/mol. The fourth-order valence-corrected chi connectivity index (χ4v) is 1.45. The van der Waals surface area contributed by atoms with Gasteiger partial charge in [-0.15, -0.1) is 0 Å². The monoisotopic (exact) mass is 225 g/mol. The molecule has 2 rings (SSSR count). The van der Waals surface area contributed by atoms with Crippen LogP contribution in [0, 0.1) is 0 Å². The minimum Gasteiger partial charge on any atom is -0.462 e. The summed E-state index contributed by atoms with van der Waals surface area (Å²) in [6.07, 6.45) is 0. The van der Waals surface area contributed by atoms with Gasteiger partial charge in [0.1, 0.15) is 31.3 Å². The summed E-state index contributed by atoms with van der Waals surface area (Å²) in [5.41, 5.74) is 0. The Bertz CT molecular complexity index is 395. The van der Waals surface area contributed by atoms with E-state index in [9.17, 15) is 9.59 Å². The lowest BCUT2D eigenvalue weighted by Crippen LogP contribution is -2.45. The van der Waals surface area contributed by atoms with E-state index in [4.69, 9.17) is 14.3 Å². The highest BCUT2D eigenvalue weighted by molar-refractivity contribution is 5.98. The summed E-state index contributed by atoms with van der Waals surface area (Å²) >= 11 is 0. The van der Waals surface area contributed by atoms with Crippen molar-refractivity contribution in [3.63, 3.8) is 0 Å². The number of amides is 2. The fourth-order valence-electron chi connectivity index (χ4n) is 1.45. The highest BCUT2D eigenvalue weighted by Crippen LogP contribution is 2.12. The van der Waals surface area contributed by atoms with Gasteiger partial charge in [0.15, 0.2) is 0 Å². The van der Waals surface area contributed by atoms with Crippen LogP contribution >= 0.6 is 0 Å². The summed E-state index contributed by atoms with van der Waals surface area (Å²) in [6.45, 7) is -0.287. The fraction of sp³-hybridized carbons (Fsp3) is 0.400. The summed E-state index contributed by atoms with van der Waals surface area (Å²) in [7, 11) is 0. The van der Waals surface area contributed by atoms with Crippen LogP contribution in [0.25, 0.3) is 0 Å². The second kappa shape index (κ2) is 4.46. The Morgan fingerprint density at radius 1 is 1.19 bits per heavy atom. The molecule has 1 aliphatic rings. The van der Waals surface area contributed by atoms with E-state index >= 15 is 0 Å². The van der Waals surface area contributed by atoms with Crippen molar-refractivity contribution in [1.82, 2.24) is 4.90 Å². The number of ether oxygens (including phenoxy) is 1. The van der Waals surface area contributed by atoms with Crippen LogP contribution in [0.2, 0.25) is 0 Å². The van der Waals surface area contributed by atoms with Crippen molar-refractivity contribution in [2.24, 2.45) is 0 Å². The summed E-state index contributed by atoms with van der Waals surface area (Å²) < 4.78 is 9.97. The van der Waals surface area contributed by atoms with Crippen LogP contribution in [0.15, 0.2) is 16.5 Å². The van der Waals surface area contributed by atoms with Crippen LogP contribution in [0.5, 0.6) is 0 Å². The molecule has 2 heterocycles. The van der Waals surface area contributed by atoms with Crippen LogP contribution in [-0.4, -0.2) is 35.0 Å². The largest absolute Gasteiger partial charge is 0.462 e. The van der Waals surface area contributed by atoms with E-state index < -0.39 is 0 Å². The lowest BCUT2D eigenvalue weighted by molar-refractivity contribution is -0.159. The lowest BCUT2D eigenvalue weighted by atomic mass is 10.3. The molecule has 0 spiro atoms. The number of aliphatic hydroxyl groups is 1. The SMILES string of the molecule is O=C1COCC(=O)N1Cc1ccc(CO)o1. The number of hydrogen-bond acceptors (Lipinski definition) is 5. The molecule has 1 aromatic rings. The summed E-state index contributed by atoms with van der Waals surface area (Å²) in [6, 6.07) is 3.23. The van der Waals surface area contributed by atoms with Gasteiger partial charge in [-0.2, -0.15) is 0 Å². The van der Waals surface area contributed by atoms with E-state index in [1.54, 1.807) is 12.1 Å². The second-order valence-corrected chi connectivity index (χ2v) is 3.39. The van der Waals surface area contributed by atoms with Crippen molar-refractivity contribution in [1.29, 1.82) is 0 Å². The van der Waals surface area contributed by atoms with Gasteiger partial charge in [-0.3, -0.25) is 14.5 Å². The molecule has 1 aromatic heterocycles. The summed E-state index contributed by atoms with van der Waals surface area (Å²) in [4.78, 5) is 23.8. The Morgan fingerprint density at radius 2 is 1.81 bits per heavy atom. The van der Waals surface area contributed by atoms with Crippen molar-refractivity contribution >= 4 is 11.8 Å². The minimum atomic E-state index is -0.377. The Labute approximate surface area is 91.4 Å². The van der Waals surface area contributed by atoms with Gasteiger partial charge in [0, 0.05) is 0 Å². The maximum absolute atomic E-state index is 11.4. The number of rotatable bonds is 3. The smallest absolute Gasteiger partial charge is 0.255 e. The molecule has 0 saturated carbocycles. The molecule has 6 heteroatoms. The first-order chi connectivity index (χ1) is 7.70. The summed E-state index contributed by atoms with van der Waals surface area (Å²) in [5, 5.41) is 8.80. The number of aliphatic hydroxyl groups excluding tert-OH is 1. The summed E-state index contributed by atoms with van der Waals surface area (Å²) in [5.74, 6) is 0.118. The predicted octanol–water partition coefficient (Wildman–Crippen LogP) is -0.343. The first kappa shape index (κ1) is 10.8. The molecule has 0 radical (unpaired) electrons. The molecule has 0 bridgehead atoms. The Morgan fingerprint density at radius 3 is 2.38 bits per heavy atom. The van der Waals surface area contributed by atoms with Gasteiger partial charge in [-0.25, -0.2) is 0 Å². The first-order valence-corrected chi connectivity index (χ1v) is 4.80. The number of carbonyl (C=O) groups excluding carboxylic acids is 2. The maximum Gasteiger partial charge on any atom is 0.255 e. The number of carbonyl (C=O) groups is 2. The van der Waals surface area contributed by atoms with Crippen molar-refractivity contribution < 1.29 is 23.8 Å². The molecule has 0 aliphatic carbocycles. The van der Waals surface area contributed by atoms with Gasteiger partial charge in [-0.05, 0) is 12.1 Å². The zero-order valence-corrected chi connectivity index (χ0v) is 8.51. The highest BCUT2D eigenvalue weighted by atomic mass is 16.5. The van der Waals surface area contributed by atoms with Crippen LogP contribution < -0.4 is 0 Å². The Hall–Kier alpha value is -1.66. The van der Waals surface area contributed by atoms with Gasteiger partial charge in [0.05, 0.1) is 6.54 Å². The van der Waals surface area contributed by atoms with E-state index in [-0.39, 0.29) is 38.2 Å². The maximum atomic E-state index is 11.4. The number of imide groups is 1. The van der Waals surface area contributed by atoms with E-state index in [0.29, 0.717) is 11.5 Å². The molecule has 2 amide bonds. The van der Waals surface area contributed by atoms with Crippen LogP contribution in [0.3, 0.4) is 0 Å². The van der Waals surface area contributed by atoms with Crippen LogP contribution in [0.4, 0.5) is 0 Å². The van der Waals surface area contributed by atoms with E-state index in [1.807, 2.05) is 0 Å². The van der Waals surface area contributed by atoms with Gasteiger partial charge in [0.25, 0.3) is 11.8 Å². The van der Waals surface area contributed by atoms with Crippen molar-refractivity contribution in [2.45, 2.75) is 13.2 Å². The third-order valence-corrected chi connectivity index (χ3v) is 2.24. The van der Waals surface area contributed by atoms with Gasteiger partial charge >= 0.3 is 0 Å². The molecule has 0 aromatic carbocycles. The van der Waals surface area contributed by atoms with Crippen molar-refractivity contribution in [3.05, 3.63) is 23.7 Å². The Kier molecular flexibility index (Phi) is 3.02. The number of hydrogen-bond donors (Lipinski definition) is 1. The molecule has 1 aliphatic heterocycles. The molecule has 16 heavy (non-hydrogen) atoms. The standard InChI is InChI=1S/C10H11NO5/c12-4-8-2-1-7(16-8)3-11-9(13)5-15-6-10(11)14/h1-2,12H,3-6H2. The molecule has 86 valence electrons. The zero-order chi connectivity index (χ0) is 11.5. The molecule has 1 fully saturated rings. The third kappa shape index (κ3) is 2.12. The number of nitrogens with zero attached hydrogens (tertiary/aromatic N) is 1. The molecular formula is C10H11NO5. The van der Waals surface area contributed by atoms with E-state index in [0.717, 1.165) is 4.90 Å². The van der Waals surface area contributed by atoms with Crippen LogP contribution in [-0.2, 0) is 27.5 Å². The first-order valence-electron chi connectivity index (χ1n) is 4.80. The number of morpholine rings is 1.